The average Bonchev–Trinajstić information content (AvgIpc) is 3.01. The van der Waals surface area contributed by atoms with Crippen molar-refractivity contribution in [3.8, 4) is 0 Å². The van der Waals surface area contributed by atoms with E-state index in [0.29, 0.717) is 18.7 Å². The molecule has 0 unspecified atom stereocenters. The fraction of sp³-hybridized carbons (Fsp3) is 0.529. The number of hydrogen-bond donors (Lipinski definition) is 1. The molecule has 0 saturated carbocycles. The number of carbonyl (C=O) groups excluding carboxylic acids is 1. The number of hydrogen-bond acceptors (Lipinski definition) is 5. The van der Waals surface area contributed by atoms with Crippen molar-refractivity contribution in [3.05, 3.63) is 41.2 Å². The Kier molecular flexibility index (Phi) is 5.20. The quantitative estimate of drug-likeness (QED) is 0.889. The maximum atomic E-state index is 12.3. The predicted molar refractivity (Wildman–Crippen MR) is 90.3 cm³/mol. The molecule has 3 heterocycles. The van der Waals surface area contributed by atoms with E-state index in [4.69, 9.17) is 0 Å². The van der Waals surface area contributed by atoms with Gasteiger partial charge in [-0.3, -0.25) is 19.8 Å². The highest BCUT2D eigenvalue weighted by Crippen LogP contribution is 2.11. The van der Waals surface area contributed by atoms with Gasteiger partial charge in [-0.2, -0.15) is 5.10 Å². The monoisotopic (exact) mass is 328 g/mol. The van der Waals surface area contributed by atoms with E-state index in [9.17, 15) is 4.79 Å². The molecule has 0 aromatic carbocycles. The molecule has 0 atom stereocenters. The zero-order valence-electron chi connectivity index (χ0n) is 14.3. The van der Waals surface area contributed by atoms with E-state index >= 15 is 0 Å². The third-order valence-corrected chi connectivity index (χ3v) is 4.42. The molecule has 1 amide bonds. The average molecular weight is 328 g/mol. The second-order valence-electron chi connectivity index (χ2n) is 6.26. The van der Waals surface area contributed by atoms with Gasteiger partial charge in [-0.05, 0) is 25.5 Å². The summed E-state index contributed by atoms with van der Waals surface area (Å²) in [6.45, 7) is 8.14. The Morgan fingerprint density at radius 3 is 2.71 bits per heavy atom. The Morgan fingerprint density at radius 1 is 1.25 bits per heavy atom. The van der Waals surface area contributed by atoms with Crippen LogP contribution in [-0.4, -0.2) is 62.1 Å². The summed E-state index contributed by atoms with van der Waals surface area (Å²) in [5.41, 5.74) is 2.34. The van der Waals surface area contributed by atoms with Crippen LogP contribution in [0.2, 0.25) is 0 Å². The summed E-state index contributed by atoms with van der Waals surface area (Å²) in [7, 11) is 0. The summed E-state index contributed by atoms with van der Waals surface area (Å²) in [6, 6.07) is 4.05. The Labute approximate surface area is 142 Å². The first-order valence-corrected chi connectivity index (χ1v) is 8.40. The summed E-state index contributed by atoms with van der Waals surface area (Å²) < 4.78 is 0. The predicted octanol–water partition coefficient (Wildman–Crippen LogP) is 1.09. The normalized spacial score (nSPS) is 15.7. The van der Waals surface area contributed by atoms with Crippen LogP contribution in [0.3, 0.4) is 0 Å². The van der Waals surface area contributed by atoms with Crippen LogP contribution in [0.15, 0.2) is 18.3 Å². The highest BCUT2D eigenvalue weighted by Gasteiger charge is 2.21. The van der Waals surface area contributed by atoms with Gasteiger partial charge in [-0.25, -0.2) is 4.98 Å². The van der Waals surface area contributed by atoms with Crippen molar-refractivity contribution in [3.63, 3.8) is 0 Å². The molecule has 1 saturated heterocycles. The van der Waals surface area contributed by atoms with Crippen molar-refractivity contribution in [1.82, 2.24) is 30.0 Å². The van der Waals surface area contributed by atoms with Crippen molar-refractivity contribution in [2.75, 3.05) is 26.2 Å². The molecule has 0 bridgehead atoms. The molecule has 128 valence electrons. The number of nitrogens with one attached hydrogen (secondary N) is 1. The molecule has 24 heavy (non-hydrogen) atoms. The van der Waals surface area contributed by atoms with Gasteiger partial charge in [0.05, 0.1) is 5.69 Å². The molecule has 1 fully saturated rings. The second-order valence-corrected chi connectivity index (χ2v) is 6.26. The molecule has 2 aromatic heterocycles. The van der Waals surface area contributed by atoms with Crippen molar-refractivity contribution < 1.29 is 4.79 Å². The van der Waals surface area contributed by atoms with Gasteiger partial charge < -0.3 is 4.90 Å². The van der Waals surface area contributed by atoms with Crippen LogP contribution in [0.1, 0.15) is 29.3 Å². The molecule has 1 aliphatic heterocycles. The van der Waals surface area contributed by atoms with Gasteiger partial charge in [0, 0.05) is 51.8 Å². The number of piperazine rings is 1. The summed E-state index contributed by atoms with van der Waals surface area (Å²) in [4.78, 5) is 25.3. The maximum absolute atomic E-state index is 12.3. The van der Waals surface area contributed by atoms with Crippen molar-refractivity contribution >= 4 is 5.91 Å². The van der Waals surface area contributed by atoms with Gasteiger partial charge >= 0.3 is 0 Å². The molecule has 1 aliphatic rings. The number of carbonyl (C=O) groups is 1. The zero-order valence-corrected chi connectivity index (χ0v) is 14.3. The van der Waals surface area contributed by atoms with Gasteiger partial charge in [0.15, 0.2) is 5.82 Å². The molecular weight excluding hydrogens is 304 g/mol. The lowest BCUT2D eigenvalue weighted by Crippen LogP contribution is -2.48. The Balaban J connectivity index is 1.44. The molecule has 2 aromatic rings. The molecule has 7 nitrogen and oxygen atoms in total. The van der Waals surface area contributed by atoms with Gasteiger partial charge in [0.2, 0.25) is 5.91 Å². The van der Waals surface area contributed by atoms with Crippen LogP contribution >= 0.6 is 0 Å². The molecule has 1 N–H and O–H groups in total. The summed E-state index contributed by atoms with van der Waals surface area (Å²) >= 11 is 0. The third kappa shape index (κ3) is 4.17. The first-order valence-electron chi connectivity index (χ1n) is 8.40. The van der Waals surface area contributed by atoms with E-state index in [2.05, 4.69) is 38.1 Å². The lowest BCUT2D eigenvalue weighted by molar-refractivity contribution is -0.133. The number of aromatic nitrogens is 4. The SMILES string of the molecule is Cc1nc(CCC(=O)N2CCN(Cc3ncccc3C)CC2)n[nH]1. The van der Waals surface area contributed by atoms with Crippen LogP contribution in [0.4, 0.5) is 0 Å². The van der Waals surface area contributed by atoms with E-state index in [1.807, 2.05) is 24.1 Å². The van der Waals surface area contributed by atoms with E-state index in [1.54, 1.807) is 0 Å². The Morgan fingerprint density at radius 2 is 2.04 bits per heavy atom. The summed E-state index contributed by atoms with van der Waals surface area (Å²) in [5, 5.41) is 6.88. The highest BCUT2D eigenvalue weighted by atomic mass is 16.2. The second kappa shape index (κ2) is 7.53. The third-order valence-electron chi connectivity index (χ3n) is 4.42. The smallest absolute Gasteiger partial charge is 0.223 e. The lowest BCUT2D eigenvalue weighted by atomic mass is 10.2. The van der Waals surface area contributed by atoms with Crippen LogP contribution in [0.5, 0.6) is 0 Å². The maximum Gasteiger partial charge on any atom is 0.223 e. The van der Waals surface area contributed by atoms with Crippen LogP contribution in [-0.2, 0) is 17.8 Å². The zero-order chi connectivity index (χ0) is 16.9. The number of H-pyrrole nitrogens is 1. The largest absolute Gasteiger partial charge is 0.340 e. The highest BCUT2D eigenvalue weighted by molar-refractivity contribution is 5.76. The van der Waals surface area contributed by atoms with Crippen molar-refractivity contribution in [2.45, 2.75) is 33.2 Å². The Hall–Kier alpha value is -2.28. The number of aryl methyl sites for hydroxylation is 3. The van der Waals surface area contributed by atoms with E-state index in [1.165, 1.54) is 5.56 Å². The topological polar surface area (TPSA) is 78.0 Å². The summed E-state index contributed by atoms with van der Waals surface area (Å²) in [5.74, 6) is 1.69. The number of rotatable bonds is 5. The Bertz CT molecular complexity index is 690. The summed E-state index contributed by atoms with van der Waals surface area (Å²) in [6.07, 6.45) is 2.90. The fourth-order valence-corrected chi connectivity index (χ4v) is 2.93. The molecular formula is C17H24N6O. The first-order chi connectivity index (χ1) is 11.6. The molecule has 7 heteroatoms. The standard InChI is InChI=1S/C17H24N6O/c1-13-4-3-7-18-15(13)12-22-8-10-23(11-9-22)17(24)6-5-16-19-14(2)20-21-16/h3-4,7H,5-6,8-12H2,1-2H3,(H,19,20,21). The lowest BCUT2D eigenvalue weighted by Gasteiger charge is -2.34. The first kappa shape index (κ1) is 16.6. The van der Waals surface area contributed by atoms with E-state index in [0.717, 1.165) is 44.2 Å². The number of nitrogens with zero attached hydrogens (tertiary/aromatic N) is 5. The van der Waals surface area contributed by atoms with E-state index in [-0.39, 0.29) is 5.91 Å². The minimum atomic E-state index is 0.186. The molecule has 3 rings (SSSR count). The van der Waals surface area contributed by atoms with Crippen molar-refractivity contribution in [1.29, 1.82) is 0 Å². The molecule has 0 aliphatic carbocycles. The number of amides is 1. The van der Waals surface area contributed by atoms with Crippen molar-refractivity contribution in [2.24, 2.45) is 0 Å². The van der Waals surface area contributed by atoms with E-state index < -0.39 is 0 Å². The molecule has 0 spiro atoms. The minimum Gasteiger partial charge on any atom is -0.340 e. The van der Waals surface area contributed by atoms with Crippen LogP contribution in [0, 0.1) is 13.8 Å². The van der Waals surface area contributed by atoms with Gasteiger partial charge in [0.25, 0.3) is 0 Å². The fourth-order valence-electron chi connectivity index (χ4n) is 2.93. The van der Waals surface area contributed by atoms with Crippen LogP contribution < -0.4 is 0 Å². The molecule has 0 radical (unpaired) electrons. The number of aromatic amines is 1. The van der Waals surface area contributed by atoms with Gasteiger partial charge in [0.1, 0.15) is 5.82 Å². The minimum absolute atomic E-state index is 0.186. The van der Waals surface area contributed by atoms with Crippen LogP contribution in [0.25, 0.3) is 0 Å². The van der Waals surface area contributed by atoms with Gasteiger partial charge in [-0.1, -0.05) is 6.07 Å². The number of pyridine rings is 1. The van der Waals surface area contributed by atoms with Gasteiger partial charge in [-0.15, -0.1) is 0 Å².